The molecule has 0 radical (unpaired) electrons. The Bertz CT molecular complexity index is 385. The first-order valence-electron chi connectivity index (χ1n) is 6.33. The average Bonchev–Trinajstić information content (AvgIpc) is 2.58. The highest BCUT2D eigenvalue weighted by molar-refractivity contribution is 5.38. The van der Waals surface area contributed by atoms with Crippen LogP contribution in [0.15, 0.2) is 24.3 Å². The van der Waals surface area contributed by atoms with Crippen LogP contribution in [0.25, 0.3) is 0 Å². The number of para-hydroxylation sites is 1. The standard InChI is InChI=1S/C13H18N2O2/c16-15(17)13-8-4-3-7-12(13)11-14-9-5-1-2-6-10-14/h3-4,7-8H,1-2,5-6,9-11H2/p+1. The van der Waals surface area contributed by atoms with Crippen LogP contribution in [0.3, 0.4) is 0 Å². The van der Waals surface area contributed by atoms with Crippen molar-refractivity contribution >= 4 is 5.69 Å². The Kier molecular flexibility index (Phi) is 4.09. The maximum atomic E-state index is 10.9. The van der Waals surface area contributed by atoms with Gasteiger partial charge < -0.3 is 4.90 Å². The van der Waals surface area contributed by atoms with Crippen LogP contribution in [0, 0.1) is 10.1 Å². The Hall–Kier alpha value is -1.42. The molecule has 0 spiro atoms. The number of likely N-dealkylation sites (tertiary alicyclic amines) is 1. The van der Waals surface area contributed by atoms with Gasteiger partial charge in [-0.3, -0.25) is 10.1 Å². The summed E-state index contributed by atoms with van der Waals surface area (Å²) in [6, 6.07) is 7.11. The molecule has 2 rings (SSSR count). The first-order chi connectivity index (χ1) is 8.27. The van der Waals surface area contributed by atoms with Gasteiger partial charge in [-0.2, -0.15) is 0 Å². The lowest BCUT2D eigenvalue weighted by molar-refractivity contribution is -0.913. The molecule has 92 valence electrons. The molecule has 1 aromatic carbocycles. The van der Waals surface area contributed by atoms with Gasteiger partial charge in [0.25, 0.3) is 5.69 Å². The molecule has 0 saturated carbocycles. The highest BCUT2D eigenvalue weighted by Crippen LogP contribution is 2.16. The topological polar surface area (TPSA) is 47.6 Å². The van der Waals surface area contributed by atoms with Crippen molar-refractivity contribution in [2.75, 3.05) is 13.1 Å². The second-order valence-corrected chi connectivity index (χ2v) is 4.73. The van der Waals surface area contributed by atoms with Gasteiger partial charge in [-0.25, -0.2) is 0 Å². The predicted molar refractivity (Wildman–Crippen MR) is 66.0 cm³/mol. The van der Waals surface area contributed by atoms with Gasteiger partial charge >= 0.3 is 0 Å². The van der Waals surface area contributed by atoms with E-state index in [1.54, 1.807) is 12.1 Å². The van der Waals surface area contributed by atoms with E-state index in [2.05, 4.69) is 0 Å². The summed E-state index contributed by atoms with van der Waals surface area (Å²) in [5.74, 6) is 0. The molecule has 1 aliphatic rings. The van der Waals surface area contributed by atoms with Gasteiger partial charge in [0.05, 0.1) is 23.6 Å². The summed E-state index contributed by atoms with van der Waals surface area (Å²) in [5.41, 5.74) is 1.14. The molecule has 0 bridgehead atoms. The molecule has 0 atom stereocenters. The molecule has 1 aromatic rings. The van der Waals surface area contributed by atoms with Gasteiger partial charge in [-0.1, -0.05) is 12.1 Å². The number of nitro benzene ring substituents is 1. The molecular weight excluding hydrogens is 216 g/mol. The van der Waals surface area contributed by atoms with Gasteiger partial charge in [-0.05, 0) is 31.7 Å². The van der Waals surface area contributed by atoms with Gasteiger partial charge in [0.2, 0.25) is 0 Å². The number of benzene rings is 1. The third-order valence-corrected chi connectivity index (χ3v) is 3.44. The molecule has 0 unspecified atom stereocenters. The van der Waals surface area contributed by atoms with Crippen molar-refractivity contribution in [2.45, 2.75) is 32.2 Å². The Labute approximate surface area is 101 Å². The Balaban J connectivity index is 2.09. The van der Waals surface area contributed by atoms with Crippen LogP contribution in [-0.4, -0.2) is 18.0 Å². The van der Waals surface area contributed by atoms with Crippen LogP contribution in [0.2, 0.25) is 0 Å². The van der Waals surface area contributed by atoms with E-state index in [0.717, 1.165) is 25.2 Å². The number of nitrogens with zero attached hydrogens (tertiary/aromatic N) is 1. The van der Waals surface area contributed by atoms with Crippen molar-refractivity contribution in [1.29, 1.82) is 0 Å². The summed E-state index contributed by atoms with van der Waals surface area (Å²) in [7, 11) is 0. The Morgan fingerprint density at radius 2 is 1.76 bits per heavy atom. The zero-order chi connectivity index (χ0) is 12.1. The van der Waals surface area contributed by atoms with Gasteiger partial charge in [0.1, 0.15) is 6.54 Å². The number of hydrogen-bond donors (Lipinski definition) is 1. The van der Waals surface area contributed by atoms with E-state index in [0.29, 0.717) is 0 Å². The fraction of sp³-hybridized carbons (Fsp3) is 0.538. The largest absolute Gasteiger partial charge is 0.331 e. The number of hydrogen-bond acceptors (Lipinski definition) is 2. The van der Waals surface area contributed by atoms with E-state index in [1.807, 2.05) is 12.1 Å². The van der Waals surface area contributed by atoms with Crippen LogP contribution in [0.1, 0.15) is 31.2 Å². The van der Waals surface area contributed by atoms with Crippen molar-refractivity contribution in [3.05, 3.63) is 39.9 Å². The van der Waals surface area contributed by atoms with Crippen molar-refractivity contribution in [3.8, 4) is 0 Å². The first-order valence-corrected chi connectivity index (χ1v) is 6.33. The minimum absolute atomic E-state index is 0.268. The number of nitrogens with one attached hydrogen (secondary N) is 1. The molecule has 1 saturated heterocycles. The van der Waals surface area contributed by atoms with E-state index < -0.39 is 0 Å². The van der Waals surface area contributed by atoms with Crippen molar-refractivity contribution in [2.24, 2.45) is 0 Å². The molecule has 4 nitrogen and oxygen atoms in total. The van der Waals surface area contributed by atoms with E-state index in [1.165, 1.54) is 30.6 Å². The lowest BCUT2D eigenvalue weighted by Gasteiger charge is -2.16. The quantitative estimate of drug-likeness (QED) is 0.638. The summed E-state index contributed by atoms with van der Waals surface area (Å²) < 4.78 is 0. The fourth-order valence-electron chi connectivity index (χ4n) is 2.51. The Morgan fingerprint density at radius 1 is 1.12 bits per heavy atom. The van der Waals surface area contributed by atoms with Gasteiger partial charge in [0.15, 0.2) is 0 Å². The zero-order valence-electron chi connectivity index (χ0n) is 10.0. The van der Waals surface area contributed by atoms with E-state index in [9.17, 15) is 10.1 Å². The summed E-state index contributed by atoms with van der Waals surface area (Å²) in [4.78, 5) is 12.1. The normalized spacial score (nSPS) is 17.6. The Morgan fingerprint density at radius 3 is 2.41 bits per heavy atom. The number of nitro groups is 1. The minimum Gasteiger partial charge on any atom is -0.331 e. The van der Waals surface area contributed by atoms with E-state index in [-0.39, 0.29) is 10.6 Å². The molecule has 0 amide bonds. The molecule has 1 fully saturated rings. The van der Waals surface area contributed by atoms with Crippen molar-refractivity contribution < 1.29 is 9.82 Å². The van der Waals surface area contributed by atoms with Gasteiger partial charge in [0, 0.05) is 6.07 Å². The zero-order valence-corrected chi connectivity index (χ0v) is 10.0. The van der Waals surface area contributed by atoms with E-state index >= 15 is 0 Å². The highest BCUT2D eigenvalue weighted by Gasteiger charge is 2.19. The maximum Gasteiger partial charge on any atom is 0.278 e. The fourth-order valence-corrected chi connectivity index (χ4v) is 2.51. The third-order valence-electron chi connectivity index (χ3n) is 3.44. The van der Waals surface area contributed by atoms with Crippen LogP contribution in [0.4, 0.5) is 5.69 Å². The molecule has 1 heterocycles. The summed E-state index contributed by atoms with van der Waals surface area (Å²) in [5, 5.41) is 10.9. The number of rotatable bonds is 3. The van der Waals surface area contributed by atoms with Crippen LogP contribution in [0.5, 0.6) is 0 Å². The van der Waals surface area contributed by atoms with Crippen LogP contribution in [-0.2, 0) is 6.54 Å². The molecule has 17 heavy (non-hydrogen) atoms. The van der Waals surface area contributed by atoms with Crippen molar-refractivity contribution in [1.82, 2.24) is 0 Å². The summed E-state index contributed by atoms with van der Waals surface area (Å²) in [6.07, 6.45) is 5.10. The minimum atomic E-state index is -0.271. The van der Waals surface area contributed by atoms with E-state index in [4.69, 9.17) is 0 Å². The maximum absolute atomic E-state index is 10.9. The lowest BCUT2D eigenvalue weighted by Crippen LogP contribution is -3.10. The molecule has 0 aromatic heterocycles. The third kappa shape index (κ3) is 3.27. The van der Waals surface area contributed by atoms with Crippen molar-refractivity contribution in [3.63, 3.8) is 0 Å². The van der Waals surface area contributed by atoms with Crippen LogP contribution < -0.4 is 4.90 Å². The average molecular weight is 235 g/mol. The second-order valence-electron chi connectivity index (χ2n) is 4.73. The highest BCUT2D eigenvalue weighted by atomic mass is 16.6. The smallest absolute Gasteiger partial charge is 0.278 e. The molecule has 4 heteroatoms. The monoisotopic (exact) mass is 235 g/mol. The van der Waals surface area contributed by atoms with Crippen LogP contribution >= 0.6 is 0 Å². The first kappa shape index (κ1) is 12.0. The summed E-state index contributed by atoms with van der Waals surface area (Å²) in [6.45, 7) is 3.08. The second kappa shape index (κ2) is 5.77. The van der Waals surface area contributed by atoms with Gasteiger partial charge in [-0.15, -0.1) is 0 Å². The number of quaternary nitrogens is 1. The SMILES string of the molecule is O=[N+]([O-])c1ccccc1C[NH+]1CCCCCC1. The molecule has 0 aliphatic carbocycles. The molecule has 1 N–H and O–H groups in total. The lowest BCUT2D eigenvalue weighted by atomic mass is 10.1. The summed E-state index contributed by atoms with van der Waals surface area (Å²) >= 11 is 0. The molecule has 1 aliphatic heterocycles. The molecular formula is C13H19N2O2+. The predicted octanol–water partition coefficient (Wildman–Crippen LogP) is 1.55.